The molecule has 0 bridgehead atoms. The van der Waals surface area contributed by atoms with Crippen LogP contribution in [0.2, 0.25) is 0 Å². The van der Waals surface area contributed by atoms with Crippen LogP contribution in [0.4, 0.5) is 4.39 Å². The van der Waals surface area contributed by atoms with E-state index in [-0.39, 0.29) is 11.7 Å². The maximum Gasteiger partial charge on any atom is 0.258 e. The number of pyridine rings is 1. The normalized spacial score (nSPS) is 16.3. The summed E-state index contributed by atoms with van der Waals surface area (Å²) in [6, 6.07) is 11.3. The van der Waals surface area contributed by atoms with Gasteiger partial charge in [-0.2, -0.15) is 5.10 Å². The van der Waals surface area contributed by atoms with Crippen LogP contribution < -0.4 is 0 Å². The number of aromatic amines is 1. The molecule has 1 amide bonds. The van der Waals surface area contributed by atoms with Gasteiger partial charge in [-0.05, 0) is 36.4 Å². The minimum Gasteiger partial charge on any atom is -0.458 e. The molecular formula is C22H16FN5O2. The molecule has 6 rings (SSSR count). The van der Waals surface area contributed by atoms with Crippen LogP contribution in [0.1, 0.15) is 33.5 Å². The van der Waals surface area contributed by atoms with Gasteiger partial charge in [-0.1, -0.05) is 6.07 Å². The smallest absolute Gasteiger partial charge is 0.258 e. The van der Waals surface area contributed by atoms with Gasteiger partial charge in [0.25, 0.3) is 5.91 Å². The summed E-state index contributed by atoms with van der Waals surface area (Å²) >= 11 is 0. The van der Waals surface area contributed by atoms with Crippen molar-refractivity contribution in [2.75, 3.05) is 6.54 Å². The van der Waals surface area contributed by atoms with Crippen molar-refractivity contribution in [1.82, 2.24) is 24.5 Å². The zero-order chi connectivity index (χ0) is 20.2. The molecular weight excluding hydrogens is 385 g/mol. The first-order valence-electron chi connectivity index (χ1n) is 9.63. The second-order valence-electron chi connectivity index (χ2n) is 7.34. The molecule has 5 aromatic rings. The number of aromatic nitrogens is 4. The third-order valence-corrected chi connectivity index (χ3v) is 5.61. The monoisotopic (exact) mass is 401 g/mol. The maximum atomic E-state index is 13.7. The average Bonchev–Trinajstić information content (AvgIpc) is 3.49. The van der Waals surface area contributed by atoms with Crippen molar-refractivity contribution < 1.29 is 13.6 Å². The highest BCUT2D eigenvalue weighted by atomic mass is 19.1. The lowest BCUT2D eigenvalue weighted by Gasteiger charge is -2.33. The Morgan fingerprint density at radius 1 is 1.23 bits per heavy atom. The fourth-order valence-electron chi connectivity index (χ4n) is 4.21. The quantitative estimate of drug-likeness (QED) is 0.489. The van der Waals surface area contributed by atoms with Crippen LogP contribution in [0.3, 0.4) is 0 Å². The van der Waals surface area contributed by atoms with E-state index in [0.29, 0.717) is 35.3 Å². The van der Waals surface area contributed by atoms with Crippen molar-refractivity contribution in [3.63, 3.8) is 0 Å². The lowest BCUT2D eigenvalue weighted by Crippen LogP contribution is -2.40. The first kappa shape index (κ1) is 17.0. The second kappa shape index (κ2) is 6.28. The average molecular weight is 401 g/mol. The Morgan fingerprint density at radius 2 is 2.17 bits per heavy atom. The predicted molar refractivity (Wildman–Crippen MR) is 107 cm³/mol. The molecule has 0 saturated heterocycles. The molecule has 0 spiro atoms. The lowest BCUT2D eigenvalue weighted by molar-refractivity contribution is 0.0675. The molecule has 0 fully saturated rings. The summed E-state index contributed by atoms with van der Waals surface area (Å²) in [5.74, 6) is 0.0631. The molecule has 30 heavy (non-hydrogen) atoms. The van der Waals surface area contributed by atoms with Crippen molar-refractivity contribution in [3.8, 4) is 0 Å². The van der Waals surface area contributed by atoms with Gasteiger partial charge in [-0.3, -0.25) is 4.79 Å². The van der Waals surface area contributed by atoms with E-state index in [1.54, 1.807) is 40.3 Å². The summed E-state index contributed by atoms with van der Waals surface area (Å²) in [5.41, 5.74) is 3.53. The number of carbonyl (C=O) groups excluding carboxylic acids is 1. The summed E-state index contributed by atoms with van der Waals surface area (Å²) in [5, 5.41) is 4.94. The number of halogens is 1. The number of furan rings is 1. The molecule has 0 unspecified atom stereocenters. The number of carbonyl (C=O) groups is 1. The molecule has 0 saturated carbocycles. The minimum absolute atomic E-state index is 0.151. The van der Waals surface area contributed by atoms with E-state index in [4.69, 9.17) is 4.42 Å². The molecule has 7 nitrogen and oxygen atoms in total. The molecule has 1 atom stereocenters. The van der Waals surface area contributed by atoms with E-state index in [9.17, 15) is 9.18 Å². The topological polar surface area (TPSA) is 79.4 Å². The van der Waals surface area contributed by atoms with E-state index in [1.165, 1.54) is 12.1 Å². The molecule has 0 aliphatic carbocycles. The van der Waals surface area contributed by atoms with Gasteiger partial charge >= 0.3 is 0 Å². The van der Waals surface area contributed by atoms with Crippen LogP contribution in [0, 0.1) is 5.82 Å². The third-order valence-electron chi connectivity index (χ3n) is 5.61. The van der Waals surface area contributed by atoms with Crippen molar-refractivity contribution >= 4 is 22.4 Å². The summed E-state index contributed by atoms with van der Waals surface area (Å²) < 4.78 is 21.4. The molecule has 1 N–H and O–H groups in total. The Kier molecular flexibility index (Phi) is 3.55. The Labute approximate surface area is 169 Å². The molecule has 8 heteroatoms. The Hall–Kier alpha value is -3.94. The van der Waals surface area contributed by atoms with Gasteiger partial charge in [-0.25, -0.2) is 13.9 Å². The van der Waals surface area contributed by atoms with Crippen molar-refractivity contribution in [3.05, 3.63) is 89.7 Å². The highest BCUT2D eigenvalue weighted by Crippen LogP contribution is 2.37. The van der Waals surface area contributed by atoms with Gasteiger partial charge in [0.1, 0.15) is 23.2 Å². The number of benzene rings is 1. The Balaban J connectivity index is 1.49. The number of nitrogens with zero attached hydrogens (tertiary/aromatic N) is 4. The van der Waals surface area contributed by atoms with Gasteiger partial charge in [-0.15, -0.1) is 0 Å². The van der Waals surface area contributed by atoms with Crippen molar-refractivity contribution in [2.45, 2.75) is 12.5 Å². The predicted octanol–water partition coefficient (Wildman–Crippen LogP) is 3.73. The molecule has 1 aliphatic heterocycles. The molecule has 4 aromatic heterocycles. The highest BCUT2D eigenvalue weighted by Gasteiger charge is 2.37. The zero-order valence-corrected chi connectivity index (χ0v) is 15.7. The van der Waals surface area contributed by atoms with Crippen LogP contribution in [0.15, 0.2) is 65.6 Å². The van der Waals surface area contributed by atoms with Crippen molar-refractivity contribution in [2.24, 2.45) is 0 Å². The van der Waals surface area contributed by atoms with Crippen LogP contribution in [-0.4, -0.2) is 36.9 Å². The largest absolute Gasteiger partial charge is 0.458 e. The number of hydrogen-bond acceptors (Lipinski definition) is 4. The Morgan fingerprint density at radius 3 is 3.10 bits per heavy atom. The molecule has 5 heterocycles. The number of imidazole rings is 1. The van der Waals surface area contributed by atoms with Crippen LogP contribution in [-0.2, 0) is 6.42 Å². The molecule has 1 aromatic carbocycles. The number of hydrogen-bond donors (Lipinski definition) is 1. The maximum absolute atomic E-state index is 13.7. The number of rotatable bonds is 2. The lowest BCUT2D eigenvalue weighted by atomic mass is 9.99. The van der Waals surface area contributed by atoms with Gasteiger partial charge in [0.05, 0.1) is 29.3 Å². The summed E-state index contributed by atoms with van der Waals surface area (Å²) in [6.45, 7) is 0.494. The van der Waals surface area contributed by atoms with Gasteiger partial charge in [0.15, 0.2) is 0 Å². The summed E-state index contributed by atoms with van der Waals surface area (Å²) in [6.07, 6.45) is 5.68. The number of nitrogens with one attached hydrogen (secondary N) is 1. The zero-order valence-electron chi connectivity index (χ0n) is 15.7. The fraction of sp³-hybridized carbons (Fsp3) is 0.136. The number of fused-ring (bicyclic) bond motifs is 3. The first-order chi connectivity index (χ1) is 14.7. The van der Waals surface area contributed by atoms with E-state index in [2.05, 4.69) is 15.1 Å². The van der Waals surface area contributed by atoms with E-state index < -0.39 is 6.04 Å². The highest BCUT2D eigenvalue weighted by molar-refractivity contribution is 6.01. The van der Waals surface area contributed by atoms with E-state index >= 15 is 0 Å². The summed E-state index contributed by atoms with van der Waals surface area (Å²) in [4.78, 5) is 23.0. The second-order valence-corrected chi connectivity index (χ2v) is 7.34. The molecule has 0 radical (unpaired) electrons. The molecule has 1 aliphatic rings. The van der Waals surface area contributed by atoms with Gasteiger partial charge < -0.3 is 14.3 Å². The third kappa shape index (κ3) is 2.46. The minimum atomic E-state index is -0.512. The van der Waals surface area contributed by atoms with Crippen LogP contribution >= 0.6 is 0 Å². The van der Waals surface area contributed by atoms with E-state index in [0.717, 1.165) is 16.9 Å². The van der Waals surface area contributed by atoms with Gasteiger partial charge in [0.2, 0.25) is 0 Å². The summed E-state index contributed by atoms with van der Waals surface area (Å²) in [7, 11) is 0. The van der Waals surface area contributed by atoms with Crippen LogP contribution in [0.25, 0.3) is 16.5 Å². The van der Waals surface area contributed by atoms with Gasteiger partial charge in [0, 0.05) is 30.2 Å². The van der Waals surface area contributed by atoms with Crippen molar-refractivity contribution in [1.29, 1.82) is 0 Å². The number of H-pyrrole nitrogens is 1. The van der Waals surface area contributed by atoms with Crippen LogP contribution in [0.5, 0.6) is 0 Å². The Bertz CT molecular complexity index is 1420. The molecule has 148 valence electrons. The number of amides is 1. The first-order valence-corrected chi connectivity index (χ1v) is 9.63. The SMILES string of the molecule is O=C(c1cnn2ccccc12)N1CCc2[nH]cnc2[C@H]1c1cc2cc(F)ccc2o1. The van der Waals surface area contributed by atoms with E-state index in [1.807, 2.05) is 18.2 Å². The standard InChI is InChI=1S/C22H16FN5O2/c23-14-4-5-18-13(9-14)10-19(30-18)21-20-16(24-12-25-20)6-8-27(21)22(29)15-11-26-28-7-2-1-3-17(15)28/h1-5,7,9-12,21H,6,8H2,(H,24,25)/t21-/m1/s1. The fourth-order valence-corrected chi connectivity index (χ4v) is 4.21.